The molecular weight excluding hydrogens is 308 g/mol. The van der Waals surface area contributed by atoms with Gasteiger partial charge in [0, 0.05) is 31.2 Å². The molecule has 1 aromatic heterocycles. The summed E-state index contributed by atoms with van der Waals surface area (Å²) >= 11 is 0. The molecule has 1 fully saturated rings. The molecule has 1 saturated heterocycles. The summed E-state index contributed by atoms with van der Waals surface area (Å²) in [4.78, 5) is 29.3. The number of benzene rings is 1. The van der Waals surface area contributed by atoms with E-state index in [0.717, 1.165) is 11.5 Å². The van der Waals surface area contributed by atoms with Crippen molar-refractivity contribution in [3.05, 3.63) is 48.5 Å². The molecule has 2 aromatic rings. The lowest BCUT2D eigenvalue weighted by atomic mass is 10.1. The van der Waals surface area contributed by atoms with Crippen LogP contribution >= 0.6 is 0 Å². The van der Waals surface area contributed by atoms with Crippen LogP contribution in [0.2, 0.25) is 0 Å². The van der Waals surface area contributed by atoms with Gasteiger partial charge in [-0.25, -0.2) is 9.78 Å². The molecule has 0 radical (unpaired) electrons. The summed E-state index contributed by atoms with van der Waals surface area (Å²) in [7, 11) is 0. The van der Waals surface area contributed by atoms with Gasteiger partial charge in [-0.15, -0.1) is 0 Å². The quantitative estimate of drug-likeness (QED) is 0.899. The van der Waals surface area contributed by atoms with E-state index in [1.165, 1.54) is 0 Å². The number of likely N-dealkylation sites (tertiary alicyclic amines) is 1. The van der Waals surface area contributed by atoms with E-state index in [4.69, 9.17) is 5.11 Å². The minimum absolute atomic E-state index is 0.251. The monoisotopic (exact) mass is 328 g/mol. The minimum Gasteiger partial charge on any atom is -0.481 e. The van der Waals surface area contributed by atoms with Crippen LogP contribution in [0, 0.1) is 5.92 Å². The van der Waals surface area contributed by atoms with Crippen molar-refractivity contribution in [1.82, 2.24) is 19.8 Å². The molecule has 1 aliphatic heterocycles. The van der Waals surface area contributed by atoms with Crippen molar-refractivity contribution in [1.29, 1.82) is 0 Å². The van der Waals surface area contributed by atoms with Gasteiger partial charge in [0.15, 0.2) is 0 Å². The Balaban J connectivity index is 1.68. The smallest absolute Gasteiger partial charge is 0.318 e. The molecule has 2 atom stereocenters. The van der Waals surface area contributed by atoms with Crippen LogP contribution in [0.15, 0.2) is 42.7 Å². The molecule has 2 N–H and O–H groups in total. The highest BCUT2D eigenvalue weighted by Crippen LogP contribution is 2.19. The zero-order valence-corrected chi connectivity index (χ0v) is 13.4. The van der Waals surface area contributed by atoms with E-state index in [-0.39, 0.29) is 18.6 Å². The summed E-state index contributed by atoms with van der Waals surface area (Å²) in [5.74, 6) is -0.598. The topological polar surface area (TPSA) is 87.5 Å². The fraction of sp³-hybridized carbons (Fsp3) is 0.353. The molecule has 0 spiro atoms. The maximum atomic E-state index is 12.4. The Labute approximate surface area is 139 Å². The Bertz CT molecular complexity index is 728. The van der Waals surface area contributed by atoms with Crippen LogP contribution in [0.1, 0.15) is 25.2 Å². The number of urea groups is 1. The molecule has 24 heavy (non-hydrogen) atoms. The van der Waals surface area contributed by atoms with Crippen molar-refractivity contribution in [2.24, 2.45) is 5.92 Å². The molecule has 1 aromatic carbocycles. The Morgan fingerprint density at radius 1 is 1.33 bits per heavy atom. The van der Waals surface area contributed by atoms with Crippen molar-refractivity contribution in [2.45, 2.75) is 19.4 Å². The number of amides is 2. The second-order valence-electron chi connectivity index (χ2n) is 5.93. The summed E-state index contributed by atoms with van der Waals surface area (Å²) in [6.45, 7) is 2.58. The van der Waals surface area contributed by atoms with Crippen molar-refractivity contribution < 1.29 is 14.7 Å². The van der Waals surface area contributed by atoms with E-state index >= 15 is 0 Å². The first kappa shape index (κ1) is 16.0. The van der Waals surface area contributed by atoms with Gasteiger partial charge in [-0.2, -0.15) is 0 Å². The number of rotatable bonds is 4. The molecule has 2 amide bonds. The predicted octanol–water partition coefficient (Wildman–Crippen LogP) is 2.05. The number of nitrogens with one attached hydrogen (secondary N) is 1. The maximum Gasteiger partial charge on any atom is 0.318 e. The fourth-order valence-electron chi connectivity index (χ4n) is 2.93. The van der Waals surface area contributed by atoms with Crippen LogP contribution in [0.25, 0.3) is 5.69 Å². The summed E-state index contributed by atoms with van der Waals surface area (Å²) in [5.41, 5.74) is 0.971. The summed E-state index contributed by atoms with van der Waals surface area (Å²) < 4.78 is 1.93. The average molecular weight is 328 g/mol. The number of carboxylic acids is 1. The van der Waals surface area contributed by atoms with Crippen molar-refractivity contribution in [3.8, 4) is 5.69 Å². The second kappa shape index (κ2) is 6.74. The predicted molar refractivity (Wildman–Crippen MR) is 87.8 cm³/mol. The zero-order valence-electron chi connectivity index (χ0n) is 13.4. The van der Waals surface area contributed by atoms with Gasteiger partial charge in [0.2, 0.25) is 0 Å². The first-order chi connectivity index (χ1) is 11.6. The third-order valence-corrected chi connectivity index (χ3v) is 4.26. The standard InChI is InChI=1S/C17H20N4O3/c1-12(19-17(24)20-9-7-13(11-20)16(22)23)15-18-8-10-21(15)14-5-3-2-4-6-14/h2-6,8,10,12-13H,7,9,11H2,1H3,(H,19,24)(H,22,23). The molecule has 2 heterocycles. The summed E-state index contributed by atoms with van der Waals surface area (Å²) in [6.07, 6.45) is 4.04. The number of aliphatic carboxylic acids is 1. The summed E-state index contributed by atoms with van der Waals surface area (Å²) in [6, 6.07) is 9.22. The SMILES string of the molecule is CC(NC(=O)N1CCC(C(=O)O)C1)c1nccn1-c1ccccc1. The molecule has 7 heteroatoms. The number of nitrogens with zero attached hydrogens (tertiary/aromatic N) is 3. The van der Waals surface area contributed by atoms with Gasteiger partial charge < -0.3 is 19.9 Å². The molecule has 0 aliphatic carbocycles. The van der Waals surface area contributed by atoms with Gasteiger partial charge in [0.1, 0.15) is 5.82 Å². The lowest BCUT2D eigenvalue weighted by Gasteiger charge is -2.21. The van der Waals surface area contributed by atoms with Crippen LogP contribution < -0.4 is 5.32 Å². The van der Waals surface area contributed by atoms with Gasteiger partial charge in [0.05, 0.1) is 12.0 Å². The highest BCUT2D eigenvalue weighted by Gasteiger charge is 2.31. The molecule has 126 valence electrons. The average Bonchev–Trinajstić information content (AvgIpc) is 3.25. The number of para-hydroxylation sites is 1. The number of carboxylic acid groups (broad SMARTS) is 1. The lowest BCUT2D eigenvalue weighted by Crippen LogP contribution is -2.40. The number of carbonyl (C=O) groups is 2. The van der Waals surface area contributed by atoms with Crippen LogP contribution in [0.4, 0.5) is 4.79 Å². The first-order valence-electron chi connectivity index (χ1n) is 7.93. The number of aromatic nitrogens is 2. The molecule has 2 unspecified atom stereocenters. The second-order valence-corrected chi connectivity index (χ2v) is 5.93. The van der Waals surface area contributed by atoms with E-state index in [0.29, 0.717) is 13.0 Å². The van der Waals surface area contributed by atoms with Crippen LogP contribution in [-0.2, 0) is 4.79 Å². The van der Waals surface area contributed by atoms with Crippen LogP contribution in [-0.4, -0.2) is 44.6 Å². The Morgan fingerprint density at radius 3 is 2.75 bits per heavy atom. The minimum atomic E-state index is -0.849. The number of carbonyl (C=O) groups excluding carboxylic acids is 1. The highest BCUT2D eigenvalue weighted by molar-refractivity contribution is 5.77. The number of hydrogen-bond donors (Lipinski definition) is 2. The molecule has 7 nitrogen and oxygen atoms in total. The number of hydrogen-bond acceptors (Lipinski definition) is 3. The van der Waals surface area contributed by atoms with Gasteiger partial charge in [-0.3, -0.25) is 4.79 Å². The largest absolute Gasteiger partial charge is 0.481 e. The van der Waals surface area contributed by atoms with E-state index < -0.39 is 11.9 Å². The van der Waals surface area contributed by atoms with Crippen LogP contribution in [0.3, 0.4) is 0 Å². The molecule has 0 bridgehead atoms. The van der Waals surface area contributed by atoms with Crippen molar-refractivity contribution >= 4 is 12.0 Å². The molecular formula is C17H20N4O3. The van der Waals surface area contributed by atoms with Crippen molar-refractivity contribution in [3.63, 3.8) is 0 Å². The van der Waals surface area contributed by atoms with Gasteiger partial charge in [-0.1, -0.05) is 18.2 Å². The normalized spacial score (nSPS) is 18.4. The molecule has 1 aliphatic rings. The molecule has 3 rings (SSSR count). The highest BCUT2D eigenvalue weighted by atomic mass is 16.4. The third kappa shape index (κ3) is 3.24. The third-order valence-electron chi connectivity index (χ3n) is 4.26. The Hall–Kier alpha value is -2.83. The van der Waals surface area contributed by atoms with Gasteiger partial charge in [-0.05, 0) is 25.5 Å². The fourth-order valence-corrected chi connectivity index (χ4v) is 2.93. The molecule has 0 saturated carbocycles. The van der Waals surface area contributed by atoms with Crippen molar-refractivity contribution in [2.75, 3.05) is 13.1 Å². The van der Waals surface area contributed by atoms with Crippen LogP contribution in [0.5, 0.6) is 0 Å². The van der Waals surface area contributed by atoms with E-state index in [2.05, 4.69) is 10.3 Å². The zero-order chi connectivity index (χ0) is 17.1. The van der Waals surface area contributed by atoms with E-state index in [1.807, 2.05) is 48.0 Å². The maximum absolute atomic E-state index is 12.4. The van der Waals surface area contributed by atoms with E-state index in [1.54, 1.807) is 11.1 Å². The lowest BCUT2D eigenvalue weighted by molar-refractivity contribution is -0.141. The Kier molecular flexibility index (Phi) is 4.50. The number of imidazole rings is 1. The summed E-state index contributed by atoms with van der Waals surface area (Å²) in [5, 5.41) is 11.9. The van der Waals surface area contributed by atoms with Gasteiger partial charge >= 0.3 is 12.0 Å². The van der Waals surface area contributed by atoms with E-state index in [9.17, 15) is 9.59 Å². The Morgan fingerprint density at radius 2 is 2.08 bits per heavy atom. The van der Waals surface area contributed by atoms with Gasteiger partial charge in [0.25, 0.3) is 0 Å². The first-order valence-corrected chi connectivity index (χ1v) is 7.93.